The smallest absolute Gasteiger partial charge is 0.202 e. The maximum Gasteiger partial charge on any atom is 0.202 e. The van der Waals surface area contributed by atoms with Crippen LogP contribution in [0.4, 0.5) is 0 Å². The zero-order valence-corrected chi connectivity index (χ0v) is 17.5. The van der Waals surface area contributed by atoms with Crippen molar-refractivity contribution in [3.05, 3.63) is 29.3 Å². The third-order valence-electron chi connectivity index (χ3n) is 8.47. The summed E-state index contributed by atoms with van der Waals surface area (Å²) in [5, 5.41) is 0. The monoisotopic (exact) mass is 368 g/mol. The molecule has 2 heteroatoms. The first-order valence-corrected chi connectivity index (χ1v) is 11.5. The van der Waals surface area contributed by atoms with E-state index in [0.717, 1.165) is 35.3 Å². The van der Waals surface area contributed by atoms with E-state index < -0.39 is 0 Å². The molecule has 0 amide bonds. The van der Waals surface area contributed by atoms with E-state index in [-0.39, 0.29) is 6.29 Å². The summed E-state index contributed by atoms with van der Waals surface area (Å²) in [6.45, 7) is 9.17. The average Bonchev–Trinajstić information content (AvgIpc) is 3.37. The van der Waals surface area contributed by atoms with Crippen molar-refractivity contribution in [1.29, 1.82) is 0 Å². The van der Waals surface area contributed by atoms with Gasteiger partial charge in [0.2, 0.25) is 6.29 Å². The fraction of sp³-hybridized carbons (Fsp3) is 0.760. The van der Waals surface area contributed by atoms with E-state index in [2.05, 4.69) is 45.9 Å². The van der Waals surface area contributed by atoms with Gasteiger partial charge in [-0.15, -0.1) is 0 Å². The SMILES string of the molecule is CC(C)C(Oc1ccc2c(c1)CC(C)C2C)OC1CC2CC1C1CCCC21. The Kier molecular flexibility index (Phi) is 4.54. The minimum atomic E-state index is -0.122. The summed E-state index contributed by atoms with van der Waals surface area (Å²) in [6.07, 6.45) is 8.55. The van der Waals surface area contributed by atoms with E-state index in [1.165, 1.54) is 49.7 Å². The number of hydrogen-bond acceptors (Lipinski definition) is 2. The quantitative estimate of drug-likeness (QED) is 0.577. The fourth-order valence-corrected chi connectivity index (χ4v) is 6.90. The molecular formula is C25H36O2. The summed E-state index contributed by atoms with van der Waals surface area (Å²) in [5.74, 6) is 6.47. The second kappa shape index (κ2) is 6.79. The standard InChI is InChI=1S/C25H36O2/c1-14(2)25(26-19-8-9-20-16(4)15(3)10-17(20)11-19)27-24-13-18-12-23(24)22-7-5-6-21(18)22/h8-9,11,14-16,18,21-25H,5-7,10,12-13H2,1-4H3. The lowest BCUT2D eigenvalue weighted by Gasteiger charge is -2.35. The molecule has 4 aliphatic rings. The Labute approximate surface area is 165 Å². The third-order valence-corrected chi connectivity index (χ3v) is 8.47. The summed E-state index contributed by atoms with van der Waals surface area (Å²) in [4.78, 5) is 0. The molecule has 0 spiro atoms. The van der Waals surface area contributed by atoms with Gasteiger partial charge in [0.15, 0.2) is 0 Å². The van der Waals surface area contributed by atoms with Crippen LogP contribution < -0.4 is 4.74 Å². The average molecular weight is 369 g/mol. The van der Waals surface area contributed by atoms with E-state index in [1.807, 2.05) is 0 Å². The van der Waals surface area contributed by atoms with Crippen LogP contribution in [0.2, 0.25) is 0 Å². The first-order chi connectivity index (χ1) is 13.0. The molecule has 2 bridgehead atoms. The highest BCUT2D eigenvalue weighted by molar-refractivity contribution is 5.41. The van der Waals surface area contributed by atoms with Crippen LogP contribution >= 0.6 is 0 Å². The number of benzene rings is 1. The molecule has 8 atom stereocenters. The van der Waals surface area contributed by atoms with Gasteiger partial charge in [0.1, 0.15) is 5.75 Å². The molecule has 0 radical (unpaired) electrons. The second-order valence-corrected chi connectivity index (χ2v) is 10.4. The lowest BCUT2D eigenvalue weighted by atomic mass is 9.80. The normalized spacial score (nSPS) is 40.4. The van der Waals surface area contributed by atoms with Crippen molar-refractivity contribution in [2.45, 2.75) is 84.5 Å². The summed E-state index contributed by atoms with van der Waals surface area (Å²) in [5.41, 5.74) is 2.99. The van der Waals surface area contributed by atoms with Gasteiger partial charge < -0.3 is 9.47 Å². The molecule has 0 heterocycles. The number of hydrogen-bond donors (Lipinski definition) is 0. The lowest BCUT2D eigenvalue weighted by Crippen LogP contribution is -2.37. The Morgan fingerprint density at radius 1 is 1.00 bits per heavy atom. The molecule has 27 heavy (non-hydrogen) atoms. The van der Waals surface area contributed by atoms with Gasteiger partial charge >= 0.3 is 0 Å². The van der Waals surface area contributed by atoms with Crippen LogP contribution in [-0.4, -0.2) is 12.4 Å². The molecule has 3 saturated carbocycles. The molecule has 3 fully saturated rings. The fourth-order valence-electron chi connectivity index (χ4n) is 6.90. The van der Waals surface area contributed by atoms with Crippen molar-refractivity contribution in [2.75, 3.05) is 0 Å². The summed E-state index contributed by atoms with van der Waals surface area (Å²) < 4.78 is 13.1. The molecule has 148 valence electrons. The minimum Gasteiger partial charge on any atom is -0.465 e. The van der Waals surface area contributed by atoms with Crippen molar-refractivity contribution >= 4 is 0 Å². The Morgan fingerprint density at radius 3 is 2.63 bits per heavy atom. The van der Waals surface area contributed by atoms with E-state index in [4.69, 9.17) is 9.47 Å². The summed E-state index contributed by atoms with van der Waals surface area (Å²) in [7, 11) is 0. The number of rotatable bonds is 5. The van der Waals surface area contributed by atoms with Gasteiger partial charge in [0.05, 0.1) is 6.10 Å². The van der Waals surface area contributed by atoms with Crippen molar-refractivity contribution in [2.24, 2.45) is 35.5 Å². The highest BCUT2D eigenvalue weighted by atomic mass is 16.7. The largest absolute Gasteiger partial charge is 0.465 e. The van der Waals surface area contributed by atoms with Gasteiger partial charge in [0, 0.05) is 5.92 Å². The van der Waals surface area contributed by atoms with Crippen molar-refractivity contribution in [1.82, 2.24) is 0 Å². The molecule has 4 aliphatic carbocycles. The Balaban J connectivity index is 1.28. The zero-order chi connectivity index (χ0) is 18.7. The molecular weight excluding hydrogens is 332 g/mol. The third kappa shape index (κ3) is 3.03. The summed E-state index contributed by atoms with van der Waals surface area (Å²) in [6, 6.07) is 6.73. The Morgan fingerprint density at radius 2 is 1.81 bits per heavy atom. The molecule has 5 rings (SSSR count). The van der Waals surface area contributed by atoms with Crippen LogP contribution in [0.1, 0.15) is 76.8 Å². The lowest BCUT2D eigenvalue weighted by molar-refractivity contribution is -0.162. The van der Waals surface area contributed by atoms with E-state index in [1.54, 1.807) is 0 Å². The maximum atomic E-state index is 6.66. The Bertz CT molecular complexity index is 696. The van der Waals surface area contributed by atoms with Crippen LogP contribution in [0.3, 0.4) is 0 Å². The van der Waals surface area contributed by atoms with E-state index in [0.29, 0.717) is 17.9 Å². The van der Waals surface area contributed by atoms with Crippen LogP contribution in [0.25, 0.3) is 0 Å². The first kappa shape index (κ1) is 18.0. The highest BCUT2D eigenvalue weighted by Crippen LogP contribution is 2.59. The van der Waals surface area contributed by atoms with Crippen LogP contribution in [0, 0.1) is 35.5 Å². The molecule has 0 aromatic heterocycles. The number of fused-ring (bicyclic) bond motifs is 6. The topological polar surface area (TPSA) is 18.5 Å². The molecule has 1 aromatic rings. The van der Waals surface area contributed by atoms with Crippen molar-refractivity contribution in [3.63, 3.8) is 0 Å². The molecule has 1 aromatic carbocycles. The Hall–Kier alpha value is -1.02. The minimum absolute atomic E-state index is 0.122. The van der Waals surface area contributed by atoms with E-state index >= 15 is 0 Å². The molecule has 8 unspecified atom stereocenters. The van der Waals surface area contributed by atoms with Crippen LogP contribution in [-0.2, 0) is 11.2 Å². The van der Waals surface area contributed by atoms with E-state index in [9.17, 15) is 0 Å². The van der Waals surface area contributed by atoms with Gasteiger partial charge in [-0.1, -0.05) is 40.2 Å². The predicted molar refractivity (Wildman–Crippen MR) is 109 cm³/mol. The van der Waals surface area contributed by atoms with Crippen molar-refractivity contribution < 1.29 is 9.47 Å². The molecule has 2 nitrogen and oxygen atoms in total. The number of ether oxygens (including phenoxy) is 2. The van der Waals surface area contributed by atoms with Gasteiger partial charge in [-0.2, -0.15) is 0 Å². The van der Waals surface area contributed by atoms with Crippen LogP contribution in [0.5, 0.6) is 5.75 Å². The van der Waals surface area contributed by atoms with Crippen molar-refractivity contribution in [3.8, 4) is 5.75 Å². The molecule has 0 saturated heterocycles. The highest BCUT2D eigenvalue weighted by Gasteiger charge is 2.54. The maximum absolute atomic E-state index is 6.66. The van der Waals surface area contributed by atoms with Gasteiger partial charge in [-0.05, 0) is 90.9 Å². The van der Waals surface area contributed by atoms with Gasteiger partial charge in [-0.3, -0.25) is 0 Å². The molecule has 0 aliphatic heterocycles. The first-order valence-electron chi connectivity index (χ1n) is 11.5. The molecule has 0 N–H and O–H groups in total. The second-order valence-electron chi connectivity index (χ2n) is 10.4. The van der Waals surface area contributed by atoms with Crippen LogP contribution in [0.15, 0.2) is 18.2 Å². The van der Waals surface area contributed by atoms with Gasteiger partial charge in [-0.25, -0.2) is 0 Å². The predicted octanol–water partition coefficient (Wildman–Crippen LogP) is 6.18. The zero-order valence-electron chi connectivity index (χ0n) is 17.5. The van der Waals surface area contributed by atoms with Gasteiger partial charge in [0.25, 0.3) is 0 Å². The summed E-state index contributed by atoms with van der Waals surface area (Å²) >= 11 is 0.